The molecule has 0 aliphatic carbocycles. The molecule has 0 saturated carbocycles. The molecule has 0 N–H and O–H groups in total. The molecule has 4 heterocycles. The fraction of sp³-hybridized carbons (Fsp3) is 0.423. The fourth-order valence-corrected chi connectivity index (χ4v) is 7.65. The molecule has 1 aromatic carbocycles. The second-order valence-corrected chi connectivity index (χ2v) is 18.5. The van der Waals surface area contributed by atoms with E-state index in [-0.39, 0.29) is 23.6 Å². The molecule has 0 spiro atoms. The second kappa shape index (κ2) is 10.1. The lowest BCUT2D eigenvalue weighted by Crippen LogP contribution is -2.38. The van der Waals surface area contributed by atoms with Crippen molar-refractivity contribution in [3.05, 3.63) is 76.4 Å². The van der Waals surface area contributed by atoms with Crippen molar-refractivity contribution in [2.24, 2.45) is 0 Å². The summed E-state index contributed by atoms with van der Waals surface area (Å²) in [5, 5.41) is 4.66. The highest BCUT2D eigenvalue weighted by Gasteiger charge is 2.52. The molecule has 214 valence electrons. The van der Waals surface area contributed by atoms with E-state index in [0.29, 0.717) is 35.1 Å². The largest absolute Gasteiger partial charge is 0.465 e. The van der Waals surface area contributed by atoms with E-state index in [0.717, 1.165) is 18.3 Å². The Kier molecular flexibility index (Phi) is 7.17. The number of carbonyl (C=O) groups is 1. The van der Waals surface area contributed by atoms with Crippen molar-refractivity contribution >= 4 is 24.1 Å². The molecule has 3 aromatic rings. The number of esters is 1. The van der Waals surface area contributed by atoms with Gasteiger partial charge in [0.2, 0.25) is 10.0 Å². The number of aromatic nitrogens is 3. The maximum atomic E-state index is 14.0. The number of ether oxygens (including phenoxy) is 2. The van der Waals surface area contributed by atoms with Gasteiger partial charge < -0.3 is 9.47 Å². The number of carbonyl (C=O) groups excluding carboxylic acids is 1. The Hall–Kier alpha value is -3.07. The van der Waals surface area contributed by atoms with Crippen LogP contribution in [-0.4, -0.2) is 55.2 Å². The van der Waals surface area contributed by atoms with Crippen molar-refractivity contribution in [3.8, 4) is 0 Å². The van der Waals surface area contributed by atoms with Crippen molar-refractivity contribution in [1.29, 1.82) is 0 Å². The Labute approximate surface area is 231 Å². The van der Waals surface area contributed by atoms with Crippen LogP contribution in [0, 0.1) is 0 Å². The summed E-state index contributed by atoms with van der Waals surface area (Å²) in [6, 6.07) is 5.82. The van der Waals surface area contributed by atoms with Gasteiger partial charge in [0.25, 0.3) is 0 Å². The normalized spacial score (nSPS) is 18.9. The first-order valence-electron chi connectivity index (χ1n) is 12.6. The maximum Gasteiger partial charge on any atom is 0.433 e. The Morgan fingerprint density at radius 2 is 1.90 bits per heavy atom. The summed E-state index contributed by atoms with van der Waals surface area (Å²) < 4.78 is 80.9. The van der Waals surface area contributed by atoms with Crippen molar-refractivity contribution in [1.82, 2.24) is 19.1 Å². The Bertz CT molecular complexity index is 1550. The molecule has 0 radical (unpaired) electrons. The number of alkyl halides is 3. The van der Waals surface area contributed by atoms with Gasteiger partial charge in [-0.2, -0.15) is 22.6 Å². The molecule has 14 heteroatoms. The van der Waals surface area contributed by atoms with Crippen LogP contribution >= 0.6 is 0 Å². The highest BCUT2D eigenvalue weighted by molar-refractivity contribution is 7.89. The minimum Gasteiger partial charge on any atom is -0.465 e. The van der Waals surface area contributed by atoms with Gasteiger partial charge >= 0.3 is 12.1 Å². The van der Waals surface area contributed by atoms with Crippen molar-refractivity contribution in [2.75, 3.05) is 13.7 Å². The summed E-state index contributed by atoms with van der Waals surface area (Å²) in [5.41, 5.74) is 1.41. The maximum absolute atomic E-state index is 14.0. The smallest absolute Gasteiger partial charge is 0.433 e. The number of fused-ring (bicyclic) bond motifs is 7. The third-order valence-corrected chi connectivity index (χ3v) is 10.7. The van der Waals surface area contributed by atoms with Gasteiger partial charge in [-0.25, -0.2) is 17.9 Å². The van der Waals surface area contributed by atoms with Gasteiger partial charge in [-0.1, -0.05) is 31.8 Å². The Morgan fingerprint density at radius 3 is 2.52 bits per heavy atom. The van der Waals surface area contributed by atoms with Crippen LogP contribution in [0.1, 0.15) is 50.5 Å². The molecule has 2 aliphatic rings. The zero-order valence-electron chi connectivity index (χ0n) is 22.4. The summed E-state index contributed by atoms with van der Waals surface area (Å²) in [4.78, 5) is 15.6. The van der Waals surface area contributed by atoms with Gasteiger partial charge in [0.15, 0.2) is 0 Å². The lowest BCUT2D eigenvalue weighted by atomic mass is 9.96. The van der Waals surface area contributed by atoms with Gasteiger partial charge in [0, 0.05) is 39.1 Å². The molecular weight excluding hydrogens is 565 g/mol. The quantitative estimate of drug-likeness (QED) is 0.210. The van der Waals surface area contributed by atoms with E-state index in [1.807, 2.05) is 0 Å². The van der Waals surface area contributed by atoms with Crippen molar-refractivity contribution in [3.63, 3.8) is 0 Å². The number of halogens is 3. The summed E-state index contributed by atoms with van der Waals surface area (Å²) in [6.45, 7) is 7.53. The zero-order chi connectivity index (χ0) is 29.0. The van der Waals surface area contributed by atoms with Crippen LogP contribution in [-0.2, 0) is 38.8 Å². The van der Waals surface area contributed by atoms with Crippen LogP contribution in [0.2, 0.25) is 25.7 Å². The highest BCUT2D eigenvalue weighted by Crippen LogP contribution is 2.55. The first-order valence-corrected chi connectivity index (χ1v) is 17.8. The number of hydrogen-bond donors (Lipinski definition) is 0. The fourth-order valence-electron chi connectivity index (χ4n) is 5.20. The van der Waals surface area contributed by atoms with E-state index >= 15 is 0 Å². The third kappa shape index (κ3) is 5.08. The lowest BCUT2D eigenvalue weighted by Gasteiger charge is -2.33. The van der Waals surface area contributed by atoms with Gasteiger partial charge in [0.05, 0.1) is 30.5 Å². The molecule has 2 aromatic heterocycles. The van der Waals surface area contributed by atoms with Crippen LogP contribution < -0.4 is 0 Å². The van der Waals surface area contributed by atoms with Gasteiger partial charge in [-0.15, -0.1) is 0 Å². The molecule has 0 fully saturated rings. The van der Waals surface area contributed by atoms with Crippen LogP contribution in [0.5, 0.6) is 0 Å². The second-order valence-electron chi connectivity index (χ2n) is 11.1. The number of hydrogen-bond acceptors (Lipinski definition) is 7. The first-order chi connectivity index (χ1) is 18.7. The molecule has 0 amide bonds. The molecule has 5 rings (SSSR count). The molecule has 40 heavy (non-hydrogen) atoms. The first kappa shape index (κ1) is 28.5. The number of pyridine rings is 1. The average Bonchev–Trinajstić information content (AvgIpc) is 3.42. The van der Waals surface area contributed by atoms with Gasteiger partial charge in [0.1, 0.15) is 17.3 Å². The van der Waals surface area contributed by atoms with Crippen LogP contribution in [0.25, 0.3) is 0 Å². The summed E-state index contributed by atoms with van der Waals surface area (Å²) in [6.07, 6.45) is -2.10. The predicted octanol–water partition coefficient (Wildman–Crippen LogP) is 4.79. The minimum absolute atomic E-state index is 0.155. The van der Waals surface area contributed by atoms with Crippen LogP contribution in [0.15, 0.2) is 47.6 Å². The summed E-state index contributed by atoms with van der Waals surface area (Å²) in [7, 11) is -4.40. The van der Waals surface area contributed by atoms with E-state index < -0.39 is 48.0 Å². The van der Waals surface area contributed by atoms with E-state index in [1.165, 1.54) is 11.4 Å². The Morgan fingerprint density at radius 1 is 1.15 bits per heavy atom. The molecule has 9 nitrogen and oxygen atoms in total. The molecule has 2 aliphatic heterocycles. The number of sulfonamides is 1. The summed E-state index contributed by atoms with van der Waals surface area (Å²) in [5.74, 6) is -0.614. The van der Waals surface area contributed by atoms with Crippen LogP contribution in [0.3, 0.4) is 0 Å². The zero-order valence-corrected chi connectivity index (χ0v) is 24.2. The predicted molar refractivity (Wildman–Crippen MR) is 141 cm³/mol. The number of nitrogens with zero attached hydrogens (tertiary/aromatic N) is 4. The molecule has 0 saturated heterocycles. The highest BCUT2D eigenvalue weighted by atomic mass is 32.2. The number of methoxy groups -OCH3 is 1. The van der Waals surface area contributed by atoms with Crippen LogP contribution in [0.4, 0.5) is 13.2 Å². The minimum atomic E-state index is -4.71. The van der Waals surface area contributed by atoms with E-state index in [4.69, 9.17) is 9.47 Å². The summed E-state index contributed by atoms with van der Waals surface area (Å²) >= 11 is 0. The average molecular weight is 595 g/mol. The molecular formula is C26H29F3N4O5SSi. The monoisotopic (exact) mass is 594 g/mol. The topological polar surface area (TPSA) is 104 Å². The number of benzene rings is 1. The van der Waals surface area contributed by atoms with Gasteiger partial charge in [-0.05, 0) is 35.4 Å². The molecule has 2 unspecified atom stereocenters. The SMILES string of the molecule is COC(=O)c1cccc2c1C1Cc3nn(COCC[Si](C)(C)C)cc3C2N1S(=O)(=O)c1ccc(C(F)(F)F)nc1. The van der Waals surface area contributed by atoms with Gasteiger partial charge in [-0.3, -0.25) is 4.98 Å². The standard InChI is InChI=1S/C26H29F3N4O5SSi/c1-37-25(34)18-7-5-6-17-23(18)21-12-20-19(14-32(31-20)15-38-10-11-40(2,3)4)24(17)33(21)39(35,36)16-8-9-22(30-13-16)26(27,28)29/h5-9,13-14,21,24H,10-12,15H2,1-4H3. The third-order valence-electron chi connectivity index (χ3n) is 7.11. The Balaban J connectivity index is 1.56. The molecule has 2 atom stereocenters. The lowest BCUT2D eigenvalue weighted by molar-refractivity contribution is -0.141. The van der Waals surface area contributed by atoms with E-state index in [1.54, 1.807) is 29.1 Å². The van der Waals surface area contributed by atoms with Crippen molar-refractivity contribution in [2.45, 2.75) is 62.0 Å². The van der Waals surface area contributed by atoms with Crippen molar-refractivity contribution < 1.29 is 35.9 Å². The number of rotatable bonds is 8. The van der Waals surface area contributed by atoms with E-state index in [2.05, 4.69) is 29.7 Å². The molecule has 2 bridgehead atoms. The van der Waals surface area contributed by atoms with E-state index in [9.17, 15) is 26.4 Å².